The molecule has 0 saturated heterocycles. The summed E-state index contributed by atoms with van der Waals surface area (Å²) in [7, 11) is 0. The van der Waals surface area contributed by atoms with Crippen LogP contribution in [0.5, 0.6) is 5.75 Å². The van der Waals surface area contributed by atoms with Crippen molar-refractivity contribution in [3.63, 3.8) is 0 Å². The van der Waals surface area contributed by atoms with E-state index in [9.17, 15) is 4.79 Å². The zero-order valence-corrected chi connectivity index (χ0v) is 9.64. The molecule has 0 radical (unpaired) electrons. The molecule has 0 aromatic heterocycles. The first-order valence-electron chi connectivity index (χ1n) is 5.65. The summed E-state index contributed by atoms with van der Waals surface area (Å²) in [5.74, 6) is 0.390. The highest BCUT2D eigenvalue weighted by Crippen LogP contribution is 2.38. The number of carbonyl (C=O) groups excluding carboxylic acids is 1. The molecule has 4 nitrogen and oxygen atoms in total. The standard InChI is InChI=1S/C14H12N2O2/c15-11-6-10(9-4-2-1-3-5-9)7-12-14(11)18-8-13(17)16-12/h1-7H,8,15H2,(H,16,17). The average molecular weight is 240 g/mol. The van der Waals surface area contributed by atoms with Crippen LogP contribution in [0.1, 0.15) is 0 Å². The van der Waals surface area contributed by atoms with E-state index in [1.54, 1.807) is 0 Å². The molecule has 90 valence electrons. The van der Waals surface area contributed by atoms with Crippen molar-refractivity contribution >= 4 is 17.3 Å². The average Bonchev–Trinajstić information content (AvgIpc) is 2.39. The Balaban J connectivity index is 2.11. The summed E-state index contributed by atoms with van der Waals surface area (Å²) in [6, 6.07) is 13.6. The van der Waals surface area contributed by atoms with Crippen LogP contribution in [0.4, 0.5) is 11.4 Å². The lowest BCUT2D eigenvalue weighted by molar-refractivity contribution is -0.118. The molecular formula is C14H12N2O2. The topological polar surface area (TPSA) is 64.3 Å². The van der Waals surface area contributed by atoms with Gasteiger partial charge in [-0.3, -0.25) is 4.79 Å². The monoisotopic (exact) mass is 240 g/mol. The number of ether oxygens (including phenoxy) is 1. The molecule has 4 heteroatoms. The van der Waals surface area contributed by atoms with Crippen molar-refractivity contribution in [3.8, 4) is 16.9 Å². The molecule has 1 heterocycles. The summed E-state index contributed by atoms with van der Waals surface area (Å²) in [5.41, 5.74) is 9.12. The van der Waals surface area contributed by atoms with Gasteiger partial charge < -0.3 is 15.8 Å². The van der Waals surface area contributed by atoms with Gasteiger partial charge in [-0.25, -0.2) is 0 Å². The quantitative estimate of drug-likeness (QED) is 0.751. The van der Waals surface area contributed by atoms with Crippen LogP contribution in [-0.2, 0) is 4.79 Å². The van der Waals surface area contributed by atoms with Gasteiger partial charge in [0, 0.05) is 0 Å². The number of fused-ring (bicyclic) bond motifs is 1. The third-order valence-corrected chi connectivity index (χ3v) is 2.85. The fraction of sp³-hybridized carbons (Fsp3) is 0.0714. The molecule has 1 aliphatic heterocycles. The second-order valence-corrected chi connectivity index (χ2v) is 4.15. The molecule has 0 atom stereocenters. The number of nitrogens with one attached hydrogen (secondary N) is 1. The molecule has 3 N–H and O–H groups in total. The van der Waals surface area contributed by atoms with E-state index in [0.717, 1.165) is 11.1 Å². The molecular weight excluding hydrogens is 228 g/mol. The van der Waals surface area contributed by atoms with E-state index in [2.05, 4.69) is 5.32 Å². The number of amides is 1. The Labute approximate surface area is 104 Å². The van der Waals surface area contributed by atoms with Gasteiger partial charge in [0.05, 0.1) is 11.4 Å². The molecule has 0 unspecified atom stereocenters. The van der Waals surface area contributed by atoms with Crippen LogP contribution in [0.3, 0.4) is 0 Å². The van der Waals surface area contributed by atoms with Gasteiger partial charge in [0.2, 0.25) is 0 Å². The Bertz CT molecular complexity index is 609. The van der Waals surface area contributed by atoms with Crippen molar-refractivity contribution in [3.05, 3.63) is 42.5 Å². The van der Waals surface area contributed by atoms with E-state index < -0.39 is 0 Å². The summed E-state index contributed by atoms with van der Waals surface area (Å²) in [5, 5.41) is 2.77. The number of hydrogen-bond acceptors (Lipinski definition) is 3. The van der Waals surface area contributed by atoms with E-state index in [1.807, 2.05) is 42.5 Å². The number of rotatable bonds is 1. The number of hydrogen-bond donors (Lipinski definition) is 2. The predicted octanol–water partition coefficient (Wildman–Crippen LogP) is 2.27. The Morgan fingerprint density at radius 2 is 1.89 bits per heavy atom. The van der Waals surface area contributed by atoms with Crippen LogP contribution in [0.25, 0.3) is 11.1 Å². The number of anilines is 2. The Morgan fingerprint density at radius 1 is 1.11 bits per heavy atom. The summed E-state index contributed by atoms with van der Waals surface area (Å²) < 4.78 is 5.32. The van der Waals surface area contributed by atoms with E-state index in [4.69, 9.17) is 10.5 Å². The fourth-order valence-electron chi connectivity index (χ4n) is 2.03. The third-order valence-electron chi connectivity index (χ3n) is 2.85. The van der Waals surface area contributed by atoms with E-state index in [0.29, 0.717) is 17.1 Å². The molecule has 3 rings (SSSR count). The highest BCUT2D eigenvalue weighted by Gasteiger charge is 2.19. The normalized spacial score (nSPS) is 13.4. The molecule has 18 heavy (non-hydrogen) atoms. The largest absolute Gasteiger partial charge is 0.479 e. The number of benzene rings is 2. The van der Waals surface area contributed by atoms with Gasteiger partial charge in [-0.2, -0.15) is 0 Å². The maximum absolute atomic E-state index is 11.3. The smallest absolute Gasteiger partial charge is 0.262 e. The molecule has 0 bridgehead atoms. The van der Waals surface area contributed by atoms with Gasteiger partial charge >= 0.3 is 0 Å². The second kappa shape index (κ2) is 4.07. The van der Waals surface area contributed by atoms with Crippen molar-refractivity contribution < 1.29 is 9.53 Å². The molecule has 2 aromatic rings. The summed E-state index contributed by atoms with van der Waals surface area (Å²) in [6.45, 7) is 0.0158. The van der Waals surface area contributed by atoms with Crippen molar-refractivity contribution in [2.24, 2.45) is 0 Å². The highest BCUT2D eigenvalue weighted by atomic mass is 16.5. The minimum absolute atomic E-state index is 0.0158. The molecule has 1 amide bonds. The Hall–Kier alpha value is -2.49. The van der Waals surface area contributed by atoms with E-state index in [1.165, 1.54) is 0 Å². The molecule has 0 aliphatic carbocycles. The Morgan fingerprint density at radius 3 is 2.67 bits per heavy atom. The minimum Gasteiger partial charge on any atom is -0.479 e. The van der Waals surface area contributed by atoms with Crippen LogP contribution in [0, 0.1) is 0 Å². The van der Waals surface area contributed by atoms with Gasteiger partial charge in [-0.05, 0) is 23.3 Å². The number of nitrogen functional groups attached to an aromatic ring is 1. The van der Waals surface area contributed by atoms with Crippen LogP contribution in [0.2, 0.25) is 0 Å². The van der Waals surface area contributed by atoms with E-state index >= 15 is 0 Å². The number of carbonyl (C=O) groups is 1. The van der Waals surface area contributed by atoms with Crippen LogP contribution < -0.4 is 15.8 Å². The summed E-state index contributed by atoms with van der Waals surface area (Å²) >= 11 is 0. The van der Waals surface area contributed by atoms with Gasteiger partial charge in [-0.15, -0.1) is 0 Å². The van der Waals surface area contributed by atoms with Crippen LogP contribution in [-0.4, -0.2) is 12.5 Å². The van der Waals surface area contributed by atoms with Gasteiger partial charge in [0.25, 0.3) is 5.91 Å². The fourth-order valence-corrected chi connectivity index (χ4v) is 2.03. The van der Waals surface area contributed by atoms with Crippen molar-refractivity contribution in [2.75, 3.05) is 17.7 Å². The van der Waals surface area contributed by atoms with Gasteiger partial charge in [0.1, 0.15) is 0 Å². The van der Waals surface area contributed by atoms with Crippen molar-refractivity contribution in [1.82, 2.24) is 0 Å². The summed E-state index contributed by atoms with van der Waals surface area (Å²) in [6.07, 6.45) is 0. The van der Waals surface area contributed by atoms with Crippen LogP contribution >= 0.6 is 0 Å². The van der Waals surface area contributed by atoms with Gasteiger partial charge in [-0.1, -0.05) is 30.3 Å². The zero-order valence-electron chi connectivity index (χ0n) is 9.64. The second-order valence-electron chi connectivity index (χ2n) is 4.15. The lowest BCUT2D eigenvalue weighted by Crippen LogP contribution is -2.25. The van der Waals surface area contributed by atoms with Crippen LogP contribution in [0.15, 0.2) is 42.5 Å². The first-order chi connectivity index (χ1) is 8.74. The zero-order chi connectivity index (χ0) is 12.5. The number of nitrogens with two attached hydrogens (primary N) is 1. The molecule has 1 aliphatic rings. The Kier molecular flexibility index (Phi) is 2.41. The lowest BCUT2D eigenvalue weighted by atomic mass is 10.0. The van der Waals surface area contributed by atoms with Crippen molar-refractivity contribution in [1.29, 1.82) is 0 Å². The minimum atomic E-state index is -0.160. The molecule has 0 saturated carbocycles. The van der Waals surface area contributed by atoms with Gasteiger partial charge in [0.15, 0.2) is 12.4 Å². The molecule has 0 fully saturated rings. The first-order valence-corrected chi connectivity index (χ1v) is 5.65. The van der Waals surface area contributed by atoms with Crippen molar-refractivity contribution in [2.45, 2.75) is 0 Å². The first kappa shape index (κ1) is 10.7. The SMILES string of the molecule is Nc1cc(-c2ccccc2)cc2c1OCC(=O)N2. The third kappa shape index (κ3) is 1.78. The molecule has 2 aromatic carbocycles. The van der Waals surface area contributed by atoms with E-state index in [-0.39, 0.29) is 12.5 Å². The predicted molar refractivity (Wildman–Crippen MR) is 70.4 cm³/mol. The lowest BCUT2D eigenvalue weighted by Gasteiger charge is -2.20. The maximum Gasteiger partial charge on any atom is 0.262 e. The summed E-state index contributed by atoms with van der Waals surface area (Å²) in [4.78, 5) is 11.3. The maximum atomic E-state index is 11.3. The molecule has 0 spiro atoms. The highest BCUT2D eigenvalue weighted by molar-refractivity contribution is 5.98.